The molecule has 0 bridgehead atoms. The van der Waals surface area contributed by atoms with Crippen molar-refractivity contribution in [3.05, 3.63) is 29.3 Å². The largest absolute Gasteiger partial charge is 0.481 e. The molecule has 0 unspecified atom stereocenters. The molecule has 0 fully saturated rings. The topological polar surface area (TPSA) is 37.3 Å². The summed E-state index contributed by atoms with van der Waals surface area (Å²) in [6.07, 6.45) is 1.27. The zero-order chi connectivity index (χ0) is 11.8. The molecule has 0 amide bonds. The van der Waals surface area contributed by atoms with Gasteiger partial charge in [0.2, 0.25) is 0 Å². The van der Waals surface area contributed by atoms with Crippen LogP contribution in [0, 0.1) is 0 Å². The Morgan fingerprint density at radius 1 is 1.50 bits per heavy atom. The summed E-state index contributed by atoms with van der Waals surface area (Å²) in [4.78, 5) is 12.0. The smallest absolute Gasteiger partial charge is 0.307 e. The van der Waals surface area contributed by atoms with Crippen LogP contribution < -0.4 is 0 Å². The minimum absolute atomic E-state index is 0.119. The van der Waals surface area contributed by atoms with Crippen LogP contribution in [0.25, 0.3) is 0 Å². The van der Waals surface area contributed by atoms with E-state index in [0.717, 1.165) is 17.7 Å². The molecule has 0 aromatic heterocycles. The molecule has 0 saturated heterocycles. The Balaban J connectivity index is 2.39. The Labute approximate surface area is 100 Å². The van der Waals surface area contributed by atoms with Gasteiger partial charge in [0, 0.05) is 4.90 Å². The first kappa shape index (κ1) is 11.5. The van der Waals surface area contributed by atoms with Crippen LogP contribution in [0.4, 0.5) is 0 Å². The van der Waals surface area contributed by atoms with Crippen molar-refractivity contribution >= 4 is 17.7 Å². The van der Waals surface area contributed by atoms with E-state index in [0.29, 0.717) is 0 Å². The summed E-state index contributed by atoms with van der Waals surface area (Å²) in [7, 11) is 0. The highest BCUT2D eigenvalue weighted by molar-refractivity contribution is 7.99. The number of benzene rings is 1. The molecular weight excluding hydrogens is 220 g/mol. The third-order valence-electron chi connectivity index (χ3n) is 3.11. The number of carboxylic acid groups (broad SMARTS) is 1. The lowest BCUT2D eigenvalue weighted by molar-refractivity contribution is -0.136. The second-order valence-corrected chi connectivity index (χ2v) is 6.02. The molecule has 1 heterocycles. The normalized spacial score (nSPS) is 17.9. The summed E-state index contributed by atoms with van der Waals surface area (Å²) in [6, 6.07) is 6.07. The van der Waals surface area contributed by atoms with E-state index < -0.39 is 5.97 Å². The van der Waals surface area contributed by atoms with E-state index in [1.807, 2.05) is 17.8 Å². The molecule has 1 N–H and O–H groups in total. The number of carboxylic acids is 1. The number of thioether (sulfide) groups is 1. The molecule has 16 heavy (non-hydrogen) atoms. The predicted octanol–water partition coefficient (Wildman–Crippen LogP) is 3.09. The Kier molecular flexibility index (Phi) is 2.98. The molecule has 0 radical (unpaired) electrons. The maximum atomic E-state index is 10.7. The standard InChI is InChI=1S/C13H16O2S/c1-13(2)5-6-16-11-4-3-9(7-10(11)13)8-12(14)15/h3-4,7H,5-6,8H2,1-2H3,(H,14,15). The van der Waals surface area contributed by atoms with Gasteiger partial charge < -0.3 is 5.11 Å². The van der Waals surface area contributed by atoms with Crippen LogP contribution in [0.15, 0.2) is 23.1 Å². The van der Waals surface area contributed by atoms with Crippen LogP contribution in [0.1, 0.15) is 31.4 Å². The van der Waals surface area contributed by atoms with E-state index >= 15 is 0 Å². The molecule has 0 spiro atoms. The van der Waals surface area contributed by atoms with Crippen molar-refractivity contribution in [2.75, 3.05) is 5.75 Å². The van der Waals surface area contributed by atoms with Crippen LogP contribution in [0.3, 0.4) is 0 Å². The Morgan fingerprint density at radius 2 is 2.25 bits per heavy atom. The Hall–Kier alpha value is -0.960. The van der Waals surface area contributed by atoms with Gasteiger partial charge in [-0.2, -0.15) is 0 Å². The Bertz CT molecular complexity index is 424. The molecule has 1 aliphatic heterocycles. The first-order valence-corrected chi connectivity index (χ1v) is 6.45. The monoisotopic (exact) mass is 236 g/mol. The number of hydrogen-bond donors (Lipinski definition) is 1. The van der Waals surface area contributed by atoms with Crippen molar-refractivity contribution in [2.24, 2.45) is 0 Å². The average molecular weight is 236 g/mol. The van der Waals surface area contributed by atoms with Gasteiger partial charge >= 0.3 is 5.97 Å². The molecule has 3 heteroatoms. The van der Waals surface area contributed by atoms with Crippen LogP contribution in [0.2, 0.25) is 0 Å². The molecule has 2 rings (SSSR count). The lowest BCUT2D eigenvalue weighted by atomic mass is 9.81. The summed E-state index contributed by atoms with van der Waals surface area (Å²) in [5.74, 6) is 0.388. The molecular formula is C13H16O2S. The fourth-order valence-corrected chi connectivity index (χ4v) is 3.55. The molecule has 1 aliphatic rings. The van der Waals surface area contributed by atoms with Gasteiger partial charge in [-0.25, -0.2) is 0 Å². The molecule has 0 aliphatic carbocycles. The zero-order valence-corrected chi connectivity index (χ0v) is 10.4. The fourth-order valence-electron chi connectivity index (χ4n) is 2.07. The van der Waals surface area contributed by atoms with E-state index in [9.17, 15) is 4.79 Å². The number of carbonyl (C=O) groups is 1. The van der Waals surface area contributed by atoms with Gasteiger partial charge in [0.05, 0.1) is 6.42 Å². The van der Waals surface area contributed by atoms with E-state index in [-0.39, 0.29) is 11.8 Å². The molecule has 0 saturated carbocycles. The number of aliphatic carboxylic acids is 1. The van der Waals surface area contributed by atoms with Gasteiger partial charge in [0.15, 0.2) is 0 Å². The maximum absolute atomic E-state index is 10.7. The summed E-state index contributed by atoms with van der Waals surface area (Å²) in [6.45, 7) is 4.46. The van der Waals surface area contributed by atoms with E-state index in [2.05, 4.69) is 26.0 Å². The highest BCUT2D eigenvalue weighted by Gasteiger charge is 2.27. The SMILES string of the molecule is CC1(C)CCSc2ccc(CC(=O)O)cc21. The van der Waals surface area contributed by atoms with Crippen LogP contribution in [-0.4, -0.2) is 16.8 Å². The average Bonchev–Trinajstić information content (AvgIpc) is 2.18. The summed E-state index contributed by atoms with van der Waals surface area (Å²) in [5.41, 5.74) is 2.39. The highest BCUT2D eigenvalue weighted by Crippen LogP contribution is 2.41. The maximum Gasteiger partial charge on any atom is 0.307 e. The van der Waals surface area contributed by atoms with Gasteiger partial charge in [-0.15, -0.1) is 11.8 Å². The van der Waals surface area contributed by atoms with Gasteiger partial charge in [-0.05, 0) is 34.8 Å². The highest BCUT2D eigenvalue weighted by atomic mass is 32.2. The molecule has 86 valence electrons. The van der Waals surface area contributed by atoms with Crippen molar-refractivity contribution < 1.29 is 9.90 Å². The van der Waals surface area contributed by atoms with Crippen molar-refractivity contribution in [3.63, 3.8) is 0 Å². The zero-order valence-electron chi connectivity index (χ0n) is 9.62. The minimum atomic E-state index is -0.763. The summed E-state index contributed by atoms with van der Waals surface area (Å²) in [5, 5.41) is 8.80. The van der Waals surface area contributed by atoms with Gasteiger partial charge in [-0.1, -0.05) is 26.0 Å². The molecule has 0 atom stereocenters. The van der Waals surface area contributed by atoms with Gasteiger partial charge in [-0.3, -0.25) is 4.79 Å². The van der Waals surface area contributed by atoms with Crippen LogP contribution >= 0.6 is 11.8 Å². The van der Waals surface area contributed by atoms with Crippen LogP contribution in [0.5, 0.6) is 0 Å². The number of hydrogen-bond acceptors (Lipinski definition) is 2. The van der Waals surface area contributed by atoms with Crippen molar-refractivity contribution in [1.29, 1.82) is 0 Å². The first-order valence-electron chi connectivity index (χ1n) is 5.47. The van der Waals surface area contributed by atoms with E-state index in [1.54, 1.807) is 0 Å². The number of rotatable bonds is 2. The lowest BCUT2D eigenvalue weighted by Gasteiger charge is -2.32. The number of fused-ring (bicyclic) bond motifs is 1. The summed E-state index contributed by atoms with van der Waals surface area (Å²) >= 11 is 1.87. The summed E-state index contributed by atoms with van der Waals surface area (Å²) < 4.78 is 0. The van der Waals surface area contributed by atoms with E-state index in [1.165, 1.54) is 10.5 Å². The first-order chi connectivity index (χ1) is 7.49. The minimum Gasteiger partial charge on any atom is -0.481 e. The van der Waals surface area contributed by atoms with Crippen molar-refractivity contribution in [3.8, 4) is 0 Å². The quantitative estimate of drug-likeness (QED) is 0.857. The van der Waals surface area contributed by atoms with Crippen molar-refractivity contribution in [2.45, 2.75) is 37.0 Å². The second kappa shape index (κ2) is 4.13. The lowest BCUT2D eigenvalue weighted by Crippen LogP contribution is -2.23. The van der Waals surface area contributed by atoms with Gasteiger partial charge in [0.1, 0.15) is 0 Å². The Morgan fingerprint density at radius 3 is 2.94 bits per heavy atom. The van der Waals surface area contributed by atoms with E-state index in [4.69, 9.17) is 5.11 Å². The fraction of sp³-hybridized carbons (Fsp3) is 0.462. The molecule has 2 nitrogen and oxygen atoms in total. The third kappa shape index (κ3) is 2.24. The predicted molar refractivity (Wildman–Crippen MR) is 66.1 cm³/mol. The van der Waals surface area contributed by atoms with Crippen molar-refractivity contribution in [1.82, 2.24) is 0 Å². The third-order valence-corrected chi connectivity index (χ3v) is 4.19. The molecule has 1 aromatic rings. The second-order valence-electron chi connectivity index (χ2n) is 4.88. The van der Waals surface area contributed by atoms with Crippen LogP contribution in [-0.2, 0) is 16.6 Å². The molecule has 1 aromatic carbocycles. The van der Waals surface area contributed by atoms with Gasteiger partial charge in [0.25, 0.3) is 0 Å².